The van der Waals surface area contributed by atoms with Crippen LogP contribution in [0.15, 0.2) is 0 Å². The average Bonchev–Trinajstić information content (AvgIpc) is 2.23. The normalized spacial score (nSPS) is 11.9. The van der Waals surface area contributed by atoms with E-state index in [0.717, 1.165) is 0 Å². The SMILES string of the molecule is CCOC(=O)CCCNC(C)C(=O)NC. The lowest BCUT2D eigenvalue weighted by Gasteiger charge is -2.11. The molecule has 0 aliphatic carbocycles. The van der Waals surface area contributed by atoms with Crippen LogP contribution in [0.1, 0.15) is 26.7 Å². The molecule has 2 N–H and O–H groups in total. The van der Waals surface area contributed by atoms with Crippen LogP contribution in [-0.4, -0.2) is 38.1 Å². The maximum absolute atomic E-state index is 11.1. The third kappa shape index (κ3) is 6.90. The van der Waals surface area contributed by atoms with Crippen molar-refractivity contribution in [3.63, 3.8) is 0 Å². The fourth-order valence-electron chi connectivity index (χ4n) is 1.09. The van der Waals surface area contributed by atoms with Gasteiger partial charge in [-0.2, -0.15) is 0 Å². The summed E-state index contributed by atoms with van der Waals surface area (Å²) in [7, 11) is 1.60. The highest BCUT2D eigenvalue weighted by molar-refractivity contribution is 5.80. The maximum Gasteiger partial charge on any atom is 0.305 e. The van der Waals surface area contributed by atoms with Gasteiger partial charge in [0.05, 0.1) is 12.6 Å². The molecule has 5 heteroatoms. The maximum atomic E-state index is 11.1. The first-order chi connectivity index (χ1) is 7.11. The largest absolute Gasteiger partial charge is 0.466 e. The standard InChI is InChI=1S/C10H20N2O3/c1-4-15-9(13)6-5-7-12-8(2)10(14)11-3/h8,12H,4-7H2,1-3H3,(H,11,14). The first-order valence-electron chi connectivity index (χ1n) is 5.22. The van der Waals surface area contributed by atoms with Crippen LogP contribution < -0.4 is 10.6 Å². The van der Waals surface area contributed by atoms with Crippen LogP contribution in [0.3, 0.4) is 0 Å². The second-order valence-corrected chi connectivity index (χ2v) is 3.20. The molecular weight excluding hydrogens is 196 g/mol. The minimum absolute atomic E-state index is 0.0499. The van der Waals surface area contributed by atoms with Gasteiger partial charge in [0.25, 0.3) is 0 Å². The Morgan fingerprint density at radius 2 is 2.07 bits per heavy atom. The molecule has 0 aromatic rings. The van der Waals surface area contributed by atoms with Crippen molar-refractivity contribution in [1.82, 2.24) is 10.6 Å². The van der Waals surface area contributed by atoms with Crippen LogP contribution in [-0.2, 0) is 14.3 Å². The topological polar surface area (TPSA) is 67.4 Å². The van der Waals surface area contributed by atoms with Crippen LogP contribution in [0.2, 0.25) is 0 Å². The molecule has 1 atom stereocenters. The van der Waals surface area contributed by atoms with Crippen LogP contribution in [0, 0.1) is 0 Å². The summed E-state index contributed by atoms with van der Waals surface area (Å²) in [5.74, 6) is -0.238. The average molecular weight is 216 g/mol. The van der Waals surface area contributed by atoms with Crippen molar-refractivity contribution in [2.75, 3.05) is 20.2 Å². The van der Waals surface area contributed by atoms with Crippen molar-refractivity contribution in [2.24, 2.45) is 0 Å². The molecule has 88 valence electrons. The zero-order valence-electron chi connectivity index (χ0n) is 9.63. The van der Waals surface area contributed by atoms with E-state index >= 15 is 0 Å². The minimum atomic E-state index is -0.225. The quantitative estimate of drug-likeness (QED) is 0.466. The molecule has 1 amide bonds. The van der Waals surface area contributed by atoms with Crippen LogP contribution in [0.25, 0.3) is 0 Å². The molecule has 0 saturated carbocycles. The van der Waals surface area contributed by atoms with Gasteiger partial charge in [0.1, 0.15) is 0 Å². The van der Waals surface area contributed by atoms with Crippen molar-refractivity contribution >= 4 is 11.9 Å². The molecule has 0 aliphatic rings. The van der Waals surface area contributed by atoms with Crippen molar-refractivity contribution in [3.05, 3.63) is 0 Å². The molecule has 5 nitrogen and oxygen atoms in total. The van der Waals surface area contributed by atoms with Gasteiger partial charge in [0.15, 0.2) is 0 Å². The molecule has 0 rings (SSSR count). The number of nitrogens with one attached hydrogen (secondary N) is 2. The Hall–Kier alpha value is -1.10. The highest BCUT2D eigenvalue weighted by atomic mass is 16.5. The highest BCUT2D eigenvalue weighted by Gasteiger charge is 2.09. The predicted octanol–water partition coefficient (Wildman–Crippen LogP) is 0.0538. The van der Waals surface area contributed by atoms with E-state index in [0.29, 0.717) is 26.0 Å². The molecule has 15 heavy (non-hydrogen) atoms. The van der Waals surface area contributed by atoms with Crippen molar-refractivity contribution in [3.8, 4) is 0 Å². The van der Waals surface area contributed by atoms with Gasteiger partial charge < -0.3 is 15.4 Å². The number of esters is 1. The zero-order chi connectivity index (χ0) is 11.7. The van der Waals surface area contributed by atoms with E-state index in [1.165, 1.54) is 0 Å². The highest BCUT2D eigenvalue weighted by Crippen LogP contribution is 1.92. The number of carbonyl (C=O) groups is 2. The fourth-order valence-corrected chi connectivity index (χ4v) is 1.09. The number of hydrogen-bond acceptors (Lipinski definition) is 4. The summed E-state index contributed by atoms with van der Waals surface area (Å²) < 4.78 is 4.77. The second-order valence-electron chi connectivity index (χ2n) is 3.20. The number of rotatable bonds is 7. The smallest absolute Gasteiger partial charge is 0.305 e. The van der Waals surface area contributed by atoms with E-state index in [1.807, 2.05) is 0 Å². The summed E-state index contributed by atoms with van der Waals surface area (Å²) in [6.45, 7) is 4.61. The summed E-state index contributed by atoms with van der Waals surface area (Å²) >= 11 is 0. The summed E-state index contributed by atoms with van der Waals surface area (Å²) in [6.07, 6.45) is 1.07. The van der Waals surface area contributed by atoms with E-state index in [9.17, 15) is 9.59 Å². The molecule has 0 aromatic carbocycles. The Bertz CT molecular complexity index is 207. The van der Waals surface area contributed by atoms with Gasteiger partial charge in [-0.3, -0.25) is 9.59 Å². The van der Waals surface area contributed by atoms with Crippen LogP contribution in [0.4, 0.5) is 0 Å². The Balaban J connectivity index is 3.46. The molecular formula is C10H20N2O3. The van der Waals surface area contributed by atoms with E-state index in [-0.39, 0.29) is 17.9 Å². The Kier molecular flexibility index (Phi) is 7.62. The van der Waals surface area contributed by atoms with E-state index < -0.39 is 0 Å². The van der Waals surface area contributed by atoms with Gasteiger partial charge in [-0.05, 0) is 26.8 Å². The number of ether oxygens (including phenoxy) is 1. The van der Waals surface area contributed by atoms with Crippen LogP contribution >= 0.6 is 0 Å². The molecule has 0 heterocycles. The van der Waals surface area contributed by atoms with Gasteiger partial charge in [-0.15, -0.1) is 0 Å². The molecule has 0 bridgehead atoms. The number of carbonyl (C=O) groups excluding carboxylic acids is 2. The van der Waals surface area contributed by atoms with Crippen LogP contribution in [0.5, 0.6) is 0 Å². The molecule has 0 saturated heterocycles. The van der Waals surface area contributed by atoms with E-state index in [4.69, 9.17) is 4.74 Å². The predicted molar refractivity (Wildman–Crippen MR) is 57.4 cm³/mol. The van der Waals surface area contributed by atoms with E-state index in [2.05, 4.69) is 10.6 Å². The summed E-state index contributed by atoms with van der Waals surface area (Å²) in [5.41, 5.74) is 0. The van der Waals surface area contributed by atoms with Gasteiger partial charge in [0.2, 0.25) is 5.91 Å². The summed E-state index contributed by atoms with van der Waals surface area (Å²) in [5, 5.41) is 5.55. The summed E-state index contributed by atoms with van der Waals surface area (Å²) in [4.78, 5) is 22.0. The van der Waals surface area contributed by atoms with Gasteiger partial charge in [-0.1, -0.05) is 0 Å². The molecule has 0 aliphatic heterocycles. The van der Waals surface area contributed by atoms with Crippen molar-refractivity contribution in [1.29, 1.82) is 0 Å². The molecule has 0 aromatic heterocycles. The van der Waals surface area contributed by atoms with E-state index in [1.54, 1.807) is 20.9 Å². The first kappa shape index (κ1) is 13.9. The Morgan fingerprint density at radius 3 is 2.60 bits per heavy atom. The zero-order valence-corrected chi connectivity index (χ0v) is 9.63. The monoisotopic (exact) mass is 216 g/mol. The molecule has 0 spiro atoms. The van der Waals surface area contributed by atoms with Crippen molar-refractivity contribution in [2.45, 2.75) is 32.7 Å². The number of amides is 1. The number of hydrogen-bond donors (Lipinski definition) is 2. The Labute approximate surface area is 90.6 Å². The van der Waals surface area contributed by atoms with Gasteiger partial charge >= 0.3 is 5.97 Å². The lowest BCUT2D eigenvalue weighted by Crippen LogP contribution is -2.41. The molecule has 0 fully saturated rings. The van der Waals surface area contributed by atoms with Gasteiger partial charge in [-0.25, -0.2) is 0 Å². The van der Waals surface area contributed by atoms with Crippen molar-refractivity contribution < 1.29 is 14.3 Å². The lowest BCUT2D eigenvalue weighted by atomic mass is 10.2. The lowest BCUT2D eigenvalue weighted by molar-refractivity contribution is -0.143. The fraction of sp³-hybridized carbons (Fsp3) is 0.800. The second kappa shape index (κ2) is 8.23. The first-order valence-corrected chi connectivity index (χ1v) is 5.22. The minimum Gasteiger partial charge on any atom is -0.466 e. The Morgan fingerprint density at radius 1 is 1.40 bits per heavy atom. The third-order valence-electron chi connectivity index (χ3n) is 1.95. The third-order valence-corrected chi connectivity index (χ3v) is 1.95. The summed E-state index contributed by atoms with van der Waals surface area (Å²) in [6, 6.07) is -0.225. The number of likely N-dealkylation sites (N-methyl/N-ethyl adjacent to an activating group) is 1. The molecule has 1 unspecified atom stereocenters. The van der Waals surface area contributed by atoms with Gasteiger partial charge in [0, 0.05) is 13.5 Å². The molecule has 0 radical (unpaired) electrons.